The second kappa shape index (κ2) is 9.27. The molecule has 1 unspecified atom stereocenters. The van der Waals surface area contributed by atoms with Crippen molar-refractivity contribution >= 4 is 34.4 Å². The molecular formula is C24H26N4S3. The van der Waals surface area contributed by atoms with Crippen molar-refractivity contribution in [3.05, 3.63) is 57.2 Å². The van der Waals surface area contributed by atoms with Gasteiger partial charge >= 0.3 is 0 Å². The summed E-state index contributed by atoms with van der Waals surface area (Å²) in [7, 11) is 0. The Labute approximate surface area is 195 Å². The Hall–Kier alpha value is -1.96. The largest absolute Gasteiger partial charge is 0.302 e. The van der Waals surface area contributed by atoms with E-state index >= 15 is 0 Å². The van der Waals surface area contributed by atoms with E-state index in [2.05, 4.69) is 63.6 Å². The van der Waals surface area contributed by atoms with Crippen molar-refractivity contribution in [3.63, 3.8) is 0 Å². The molecule has 1 aliphatic carbocycles. The number of thioether (sulfide) groups is 1. The van der Waals surface area contributed by atoms with Crippen molar-refractivity contribution in [2.75, 3.05) is 0 Å². The molecule has 3 heterocycles. The van der Waals surface area contributed by atoms with E-state index < -0.39 is 0 Å². The molecule has 0 saturated heterocycles. The number of hydrogen-bond acceptors (Lipinski definition) is 6. The van der Waals surface area contributed by atoms with E-state index in [1.54, 1.807) is 28.0 Å². The lowest BCUT2D eigenvalue weighted by Crippen LogP contribution is -2.10. The van der Waals surface area contributed by atoms with Crippen LogP contribution in [0.2, 0.25) is 0 Å². The van der Waals surface area contributed by atoms with E-state index in [1.165, 1.54) is 29.5 Å². The van der Waals surface area contributed by atoms with E-state index in [9.17, 15) is 0 Å². The number of nitrogens with zero attached hydrogens (tertiary/aromatic N) is 4. The highest BCUT2D eigenvalue weighted by Gasteiger charge is 2.24. The van der Waals surface area contributed by atoms with Gasteiger partial charge in [0.1, 0.15) is 5.01 Å². The van der Waals surface area contributed by atoms with Crippen LogP contribution in [0.25, 0.3) is 22.0 Å². The van der Waals surface area contributed by atoms with Crippen LogP contribution in [0.15, 0.2) is 46.2 Å². The van der Waals surface area contributed by atoms with E-state index in [0.29, 0.717) is 0 Å². The molecule has 3 aromatic heterocycles. The molecule has 0 amide bonds. The van der Waals surface area contributed by atoms with Crippen LogP contribution >= 0.6 is 34.4 Å². The van der Waals surface area contributed by atoms with E-state index in [4.69, 9.17) is 4.98 Å². The first-order valence-corrected chi connectivity index (χ1v) is 13.6. The van der Waals surface area contributed by atoms with Crippen LogP contribution in [0.3, 0.4) is 0 Å². The Morgan fingerprint density at radius 3 is 2.84 bits per heavy atom. The summed E-state index contributed by atoms with van der Waals surface area (Å²) in [5.41, 5.74) is 5.09. The third kappa shape index (κ3) is 4.36. The van der Waals surface area contributed by atoms with Crippen LogP contribution in [0.4, 0.5) is 0 Å². The van der Waals surface area contributed by atoms with Crippen molar-refractivity contribution in [3.8, 4) is 22.0 Å². The van der Waals surface area contributed by atoms with Gasteiger partial charge in [0.2, 0.25) is 0 Å². The molecular weight excluding hydrogens is 440 g/mol. The van der Waals surface area contributed by atoms with Crippen molar-refractivity contribution in [2.24, 2.45) is 5.92 Å². The number of rotatable bonds is 7. The van der Waals surface area contributed by atoms with Gasteiger partial charge in [0, 0.05) is 39.1 Å². The first-order valence-electron chi connectivity index (χ1n) is 10.9. The summed E-state index contributed by atoms with van der Waals surface area (Å²) in [6.07, 6.45) is 4.71. The molecule has 0 fully saturated rings. The van der Waals surface area contributed by atoms with Gasteiger partial charge in [-0.1, -0.05) is 55.9 Å². The average Bonchev–Trinajstić information content (AvgIpc) is 3.51. The van der Waals surface area contributed by atoms with Crippen molar-refractivity contribution in [2.45, 2.75) is 57.0 Å². The summed E-state index contributed by atoms with van der Waals surface area (Å²) < 4.78 is 2.31. The highest BCUT2D eigenvalue weighted by Crippen LogP contribution is 2.38. The first-order chi connectivity index (χ1) is 15.2. The minimum absolute atomic E-state index is 0.789. The fourth-order valence-electron chi connectivity index (χ4n) is 4.11. The summed E-state index contributed by atoms with van der Waals surface area (Å²) in [5.74, 6) is 2.64. The molecule has 0 radical (unpaired) electrons. The predicted octanol–water partition coefficient (Wildman–Crippen LogP) is 6.96. The molecule has 1 aromatic carbocycles. The Kier molecular flexibility index (Phi) is 6.25. The molecule has 0 saturated carbocycles. The highest BCUT2D eigenvalue weighted by molar-refractivity contribution is 7.98. The zero-order chi connectivity index (χ0) is 21.2. The molecule has 7 heteroatoms. The van der Waals surface area contributed by atoms with Gasteiger partial charge in [-0.2, -0.15) is 0 Å². The van der Waals surface area contributed by atoms with Crippen molar-refractivity contribution in [1.82, 2.24) is 19.7 Å². The minimum Gasteiger partial charge on any atom is -0.302 e. The van der Waals surface area contributed by atoms with Gasteiger partial charge in [-0.15, -0.1) is 32.9 Å². The van der Waals surface area contributed by atoms with Crippen LogP contribution in [-0.4, -0.2) is 19.7 Å². The second-order valence-electron chi connectivity index (χ2n) is 8.16. The van der Waals surface area contributed by atoms with Crippen LogP contribution < -0.4 is 0 Å². The van der Waals surface area contributed by atoms with Crippen molar-refractivity contribution in [1.29, 1.82) is 0 Å². The molecule has 4 aromatic rings. The average molecular weight is 467 g/mol. The standard InChI is InChI=1S/C24H26N4S3/c1-3-11-28-22(20-15-29-21-12-16(2)9-10-19(20)21)26-27-24(28)31-14-18-13-30-23(25-18)17-7-5-4-6-8-17/h4-8,13,15-16H,3,9-12,14H2,1-2H3. The van der Waals surface area contributed by atoms with Gasteiger partial charge in [-0.05, 0) is 37.2 Å². The second-order valence-corrected chi connectivity index (χ2v) is 10.9. The summed E-state index contributed by atoms with van der Waals surface area (Å²) in [6.45, 7) is 5.52. The van der Waals surface area contributed by atoms with E-state index in [0.717, 1.165) is 52.7 Å². The molecule has 1 aliphatic rings. The Balaban J connectivity index is 1.37. The molecule has 4 nitrogen and oxygen atoms in total. The first kappa shape index (κ1) is 20.9. The molecule has 0 bridgehead atoms. The lowest BCUT2D eigenvalue weighted by Gasteiger charge is -2.19. The molecule has 1 atom stereocenters. The SMILES string of the molecule is CCCn1c(SCc2csc(-c3ccccc3)n2)nnc1-c1csc2c1CCC(C)C2. The molecule has 5 rings (SSSR count). The number of benzene rings is 1. The van der Waals surface area contributed by atoms with Gasteiger partial charge in [-0.25, -0.2) is 4.98 Å². The van der Waals surface area contributed by atoms with Crippen LogP contribution in [0.5, 0.6) is 0 Å². The maximum absolute atomic E-state index is 4.83. The fourth-order valence-corrected chi connectivity index (χ4v) is 7.14. The van der Waals surface area contributed by atoms with Crippen LogP contribution in [-0.2, 0) is 25.1 Å². The predicted molar refractivity (Wildman–Crippen MR) is 132 cm³/mol. The maximum Gasteiger partial charge on any atom is 0.191 e. The lowest BCUT2D eigenvalue weighted by molar-refractivity contribution is 0.508. The summed E-state index contributed by atoms with van der Waals surface area (Å²) in [4.78, 5) is 6.38. The smallest absolute Gasteiger partial charge is 0.191 e. The van der Waals surface area contributed by atoms with Gasteiger partial charge in [0.25, 0.3) is 0 Å². The summed E-state index contributed by atoms with van der Waals surface area (Å²) >= 11 is 5.35. The normalized spacial score (nSPS) is 15.9. The number of thiophene rings is 1. The van der Waals surface area contributed by atoms with Crippen LogP contribution in [0, 0.1) is 5.92 Å². The molecule has 0 N–H and O–H groups in total. The minimum atomic E-state index is 0.789. The number of thiazole rings is 1. The molecule has 160 valence electrons. The molecule has 0 spiro atoms. The van der Waals surface area contributed by atoms with Gasteiger partial charge in [-0.3, -0.25) is 0 Å². The maximum atomic E-state index is 4.83. The van der Waals surface area contributed by atoms with Gasteiger partial charge < -0.3 is 4.57 Å². The Bertz CT molecular complexity index is 1160. The van der Waals surface area contributed by atoms with E-state index in [-0.39, 0.29) is 0 Å². The zero-order valence-electron chi connectivity index (χ0n) is 17.9. The van der Waals surface area contributed by atoms with E-state index in [1.807, 2.05) is 17.4 Å². The third-order valence-electron chi connectivity index (χ3n) is 5.73. The van der Waals surface area contributed by atoms with Gasteiger partial charge in [0.15, 0.2) is 11.0 Å². The molecule has 31 heavy (non-hydrogen) atoms. The summed E-state index contributed by atoms with van der Waals surface area (Å²) in [5, 5.41) is 15.8. The zero-order valence-corrected chi connectivity index (χ0v) is 20.3. The van der Waals surface area contributed by atoms with Crippen molar-refractivity contribution < 1.29 is 0 Å². The topological polar surface area (TPSA) is 43.6 Å². The molecule has 0 aliphatic heterocycles. The Morgan fingerprint density at radius 2 is 2.00 bits per heavy atom. The number of aromatic nitrogens is 4. The monoisotopic (exact) mass is 466 g/mol. The van der Waals surface area contributed by atoms with Crippen LogP contribution in [0.1, 0.15) is 42.8 Å². The quantitative estimate of drug-likeness (QED) is 0.276. The lowest BCUT2D eigenvalue weighted by atomic mass is 9.88. The third-order valence-corrected chi connectivity index (χ3v) is 8.72. The highest BCUT2D eigenvalue weighted by atomic mass is 32.2. The number of hydrogen-bond donors (Lipinski definition) is 0. The number of fused-ring (bicyclic) bond motifs is 1. The summed E-state index contributed by atoms with van der Waals surface area (Å²) in [6, 6.07) is 10.4. The fraction of sp³-hybridized carbons (Fsp3) is 0.375. The van der Waals surface area contributed by atoms with Gasteiger partial charge in [0.05, 0.1) is 5.69 Å². The Morgan fingerprint density at radius 1 is 1.13 bits per heavy atom.